The third-order valence-corrected chi connectivity index (χ3v) is 9.73. The first-order valence-corrected chi connectivity index (χ1v) is 16.9. The van der Waals surface area contributed by atoms with Crippen molar-refractivity contribution >= 4 is 45.2 Å². The van der Waals surface area contributed by atoms with Gasteiger partial charge in [-0.1, -0.05) is 25.0 Å². The van der Waals surface area contributed by atoms with Crippen LogP contribution >= 0.6 is 11.3 Å². The van der Waals surface area contributed by atoms with Gasteiger partial charge in [-0.2, -0.15) is 0 Å². The first-order chi connectivity index (χ1) is 22.2. The van der Waals surface area contributed by atoms with E-state index in [0.29, 0.717) is 41.2 Å². The van der Waals surface area contributed by atoms with Crippen LogP contribution in [0.25, 0.3) is 22.3 Å². The third kappa shape index (κ3) is 6.67. The zero-order valence-corrected chi connectivity index (χ0v) is 27.3. The molecular formula is C34H41N5O6S. The zero-order valence-electron chi connectivity index (χ0n) is 26.5. The highest BCUT2D eigenvalue weighted by Crippen LogP contribution is 2.45. The molecule has 244 valence electrons. The number of carboxylic acid groups (broad SMARTS) is 1. The van der Waals surface area contributed by atoms with Crippen molar-refractivity contribution in [3.63, 3.8) is 0 Å². The number of aliphatic carboxylic acids is 1. The molecule has 0 bridgehead atoms. The number of thiazole rings is 1. The van der Waals surface area contributed by atoms with E-state index in [-0.39, 0.29) is 30.8 Å². The summed E-state index contributed by atoms with van der Waals surface area (Å²) in [7, 11) is 1.60. The smallest absolute Gasteiger partial charge is 0.330 e. The first-order valence-electron chi connectivity index (χ1n) is 16.1. The predicted octanol–water partition coefficient (Wildman–Crippen LogP) is 5.41. The maximum Gasteiger partial charge on any atom is 0.330 e. The molecule has 4 unspecified atom stereocenters. The Bertz CT molecular complexity index is 1660. The van der Waals surface area contributed by atoms with Gasteiger partial charge in [0.15, 0.2) is 5.13 Å². The van der Waals surface area contributed by atoms with Crippen LogP contribution in [-0.4, -0.2) is 75.1 Å². The Morgan fingerprint density at radius 2 is 1.98 bits per heavy atom. The number of hydrogen-bond acceptors (Lipinski definition) is 9. The van der Waals surface area contributed by atoms with E-state index < -0.39 is 29.6 Å². The molecule has 4 heterocycles. The van der Waals surface area contributed by atoms with Crippen LogP contribution in [0, 0.1) is 5.92 Å². The van der Waals surface area contributed by atoms with E-state index in [1.807, 2.05) is 41.8 Å². The standard InChI is InChI=1S/C34H41N5O6S/c1-20(2)35-33-37-27(19-46-33)26-16-29(24-13-12-22(44-3)14-25(24)36-26)45-23-15-28-31(41)38-34(32(42)43)17-21(34)10-8-6-4-5-7-9-11-30(40)39(28)18-23/h8,10,12-14,16,19-21,23,28H,4-7,9,11,15,17-18H2,1-3H3,(H,35,37)(H,38,41)(H,42,43)/b10-8-. The number of carbonyl (C=O) groups excluding carboxylic acids is 2. The molecule has 0 radical (unpaired) electrons. The maximum atomic E-state index is 13.7. The Morgan fingerprint density at radius 1 is 1.15 bits per heavy atom. The number of nitrogens with zero attached hydrogens (tertiary/aromatic N) is 3. The number of aromatic nitrogens is 2. The summed E-state index contributed by atoms with van der Waals surface area (Å²) in [4.78, 5) is 50.7. The minimum absolute atomic E-state index is 0.117. The van der Waals surface area contributed by atoms with Crippen molar-refractivity contribution in [2.75, 3.05) is 19.0 Å². The lowest BCUT2D eigenvalue weighted by atomic mass is 10.1. The quantitative estimate of drug-likeness (QED) is 0.287. The largest absolute Gasteiger partial charge is 0.497 e. The molecule has 11 nitrogen and oxygen atoms in total. The molecule has 3 aromatic rings. The number of allylic oxidation sites excluding steroid dienone is 1. The molecule has 1 aromatic carbocycles. The molecule has 1 aliphatic carbocycles. The average Bonchev–Trinajstić information content (AvgIpc) is 3.32. The molecule has 12 heteroatoms. The van der Waals surface area contributed by atoms with Crippen LogP contribution < -0.4 is 20.1 Å². The summed E-state index contributed by atoms with van der Waals surface area (Å²) in [5.41, 5.74) is 0.647. The number of nitrogens with one attached hydrogen (secondary N) is 2. The van der Waals surface area contributed by atoms with Crippen molar-refractivity contribution in [3.8, 4) is 22.9 Å². The van der Waals surface area contributed by atoms with E-state index in [9.17, 15) is 19.5 Å². The number of methoxy groups -OCH3 is 1. The van der Waals surface area contributed by atoms with E-state index in [4.69, 9.17) is 19.4 Å². The van der Waals surface area contributed by atoms with Gasteiger partial charge in [-0.05, 0) is 51.7 Å². The third-order valence-electron chi connectivity index (χ3n) is 8.96. The van der Waals surface area contributed by atoms with Crippen LogP contribution in [0.5, 0.6) is 11.5 Å². The van der Waals surface area contributed by atoms with Gasteiger partial charge < -0.3 is 30.1 Å². The first kappa shape index (κ1) is 31.8. The van der Waals surface area contributed by atoms with Crippen LogP contribution in [0.15, 0.2) is 41.8 Å². The highest BCUT2D eigenvalue weighted by Gasteiger charge is 2.61. The molecule has 2 fully saturated rings. The van der Waals surface area contributed by atoms with Gasteiger partial charge in [0.25, 0.3) is 0 Å². The maximum absolute atomic E-state index is 13.7. The van der Waals surface area contributed by atoms with Crippen LogP contribution in [-0.2, 0) is 14.4 Å². The lowest BCUT2D eigenvalue weighted by molar-refractivity contribution is -0.145. The number of hydrogen-bond donors (Lipinski definition) is 3. The molecule has 3 aliphatic rings. The van der Waals surface area contributed by atoms with Gasteiger partial charge >= 0.3 is 5.97 Å². The van der Waals surface area contributed by atoms with Gasteiger partial charge in [0.1, 0.15) is 34.9 Å². The molecule has 2 aliphatic heterocycles. The molecule has 1 saturated carbocycles. The van der Waals surface area contributed by atoms with Gasteiger partial charge in [0.05, 0.1) is 24.9 Å². The Hall–Kier alpha value is -4.19. The fraction of sp³-hybridized carbons (Fsp3) is 0.500. The van der Waals surface area contributed by atoms with Gasteiger partial charge in [-0.3, -0.25) is 9.59 Å². The number of amides is 2. The van der Waals surface area contributed by atoms with Crippen LogP contribution in [0.3, 0.4) is 0 Å². The second-order valence-corrected chi connectivity index (χ2v) is 13.6. The second-order valence-electron chi connectivity index (χ2n) is 12.7. The van der Waals surface area contributed by atoms with E-state index in [2.05, 4.69) is 24.5 Å². The molecular weight excluding hydrogens is 606 g/mol. The molecule has 2 amide bonds. The predicted molar refractivity (Wildman–Crippen MR) is 176 cm³/mol. The van der Waals surface area contributed by atoms with Crippen molar-refractivity contribution in [1.29, 1.82) is 0 Å². The number of pyridine rings is 1. The van der Waals surface area contributed by atoms with Gasteiger partial charge in [-0.15, -0.1) is 11.3 Å². The van der Waals surface area contributed by atoms with E-state index in [1.54, 1.807) is 12.0 Å². The Balaban J connectivity index is 1.30. The van der Waals surface area contributed by atoms with Crippen LogP contribution in [0.4, 0.5) is 5.13 Å². The van der Waals surface area contributed by atoms with Crippen LogP contribution in [0.1, 0.15) is 65.2 Å². The normalized spacial score (nSPS) is 26.0. The number of carbonyl (C=O) groups is 3. The average molecular weight is 648 g/mol. The lowest BCUT2D eigenvalue weighted by Gasteiger charge is -2.25. The molecule has 0 spiro atoms. The molecule has 3 N–H and O–H groups in total. The monoisotopic (exact) mass is 647 g/mol. The number of fused-ring (bicyclic) bond motifs is 3. The van der Waals surface area contributed by atoms with Crippen molar-refractivity contribution in [2.24, 2.45) is 5.92 Å². The number of carboxylic acids is 1. The van der Waals surface area contributed by atoms with Crippen molar-refractivity contribution in [2.45, 2.75) is 88.9 Å². The lowest BCUT2D eigenvalue weighted by Crippen LogP contribution is -2.53. The summed E-state index contributed by atoms with van der Waals surface area (Å²) in [6.45, 7) is 4.32. The zero-order chi connectivity index (χ0) is 32.4. The number of anilines is 1. The molecule has 6 rings (SSSR count). The van der Waals surface area contributed by atoms with Gasteiger partial charge in [0.2, 0.25) is 11.8 Å². The summed E-state index contributed by atoms with van der Waals surface area (Å²) in [6, 6.07) is 6.81. The van der Waals surface area contributed by atoms with Crippen molar-refractivity contribution < 1.29 is 29.0 Å². The Kier molecular flexibility index (Phi) is 9.17. The molecule has 2 aromatic heterocycles. The second kappa shape index (κ2) is 13.3. The number of rotatable bonds is 7. The van der Waals surface area contributed by atoms with E-state index in [0.717, 1.165) is 42.6 Å². The SMILES string of the molecule is COc1ccc2c(OC3CC4C(=O)NC5(C(=O)O)CC5/C=C\CCCCCCC(=O)N4C3)cc(-c3csc(NC(C)C)n3)nc2c1. The molecule has 46 heavy (non-hydrogen) atoms. The molecule has 1 saturated heterocycles. The minimum Gasteiger partial charge on any atom is -0.497 e. The van der Waals surface area contributed by atoms with Gasteiger partial charge in [0, 0.05) is 47.7 Å². The Morgan fingerprint density at radius 3 is 2.76 bits per heavy atom. The summed E-state index contributed by atoms with van der Waals surface area (Å²) in [6.07, 6.45) is 8.85. The van der Waals surface area contributed by atoms with Crippen molar-refractivity contribution in [1.82, 2.24) is 20.2 Å². The summed E-state index contributed by atoms with van der Waals surface area (Å²) in [5.74, 6) is -0.679. The number of ether oxygens (including phenoxy) is 2. The van der Waals surface area contributed by atoms with Crippen molar-refractivity contribution in [3.05, 3.63) is 41.8 Å². The topological polar surface area (TPSA) is 143 Å². The highest BCUT2D eigenvalue weighted by molar-refractivity contribution is 7.14. The summed E-state index contributed by atoms with van der Waals surface area (Å²) in [5, 5.41) is 19.7. The molecule has 4 atom stereocenters. The van der Waals surface area contributed by atoms with E-state index >= 15 is 0 Å². The minimum atomic E-state index is -1.34. The fourth-order valence-corrected chi connectivity index (χ4v) is 7.24. The van der Waals surface area contributed by atoms with E-state index in [1.165, 1.54) is 11.3 Å². The Labute approximate surface area is 272 Å². The highest BCUT2D eigenvalue weighted by atomic mass is 32.1. The fourth-order valence-electron chi connectivity index (χ4n) is 6.39. The summed E-state index contributed by atoms with van der Waals surface area (Å²) >= 11 is 1.50. The van der Waals surface area contributed by atoms with Gasteiger partial charge in [-0.25, -0.2) is 14.8 Å². The number of benzene rings is 1. The summed E-state index contributed by atoms with van der Waals surface area (Å²) < 4.78 is 12.1. The van der Waals surface area contributed by atoms with Crippen LogP contribution in [0.2, 0.25) is 0 Å².